The van der Waals surface area contributed by atoms with Crippen molar-refractivity contribution < 1.29 is 24.2 Å². The van der Waals surface area contributed by atoms with Crippen molar-refractivity contribution >= 4 is 11.9 Å². The third kappa shape index (κ3) is 5.53. The number of nitrogens with one attached hydrogen (secondary N) is 1. The van der Waals surface area contributed by atoms with Gasteiger partial charge in [0.05, 0.1) is 19.6 Å². The first kappa shape index (κ1) is 18.3. The maximum Gasteiger partial charge on any atom is 0.305 e. The van der Waals surface area contributed by atoms with Crippen LogP contribution in [0.1, 0.15) is 23.6 Å². The smallest absolute Gasteiger partial charge is 0.305 e. The topological polar surface area (TPSA) is 84.9 Å². The highest BCUT2D eigenvalue weighted by Gasteiger charge is 2.19. The second-order valence-corrected chi connectivity index (χ2v) is 5.54. The number of methoxy groups -OCH3 is 1. The van der Waals surface area contributed by atoms with E-state index in [4.69, 9.17) is 14.6 Å². The van der Waals surface area contributed by atoms with Gasteiger partial charge in [-0.15, -0.1) is 0 Å². The van der Waals surface area contributed by atoms with Gasteiger partial charge in [0.15, 0.2) is 6.61 Å². The molecule has 2 aromatic carbocycles. The van der Waals surface area contributed by atoms with E-state index in [0.29, 0.717) is 11.5 Å². The zero-order valence-corrected chi connectivity index (χ0v) is 14.2. The first-order valence-corrected chi connectivity index (χ1v) is 7.83. The number of carboxylic acid groups (broad SMARTS) is 1. The average Bonchev–Trinajstić information content (AvgIpc) is 2.59. The van der Waals surface area contributed by atoms with Crippen LogP contribution in [0.2, 0.25) is 0 Å². The average molecular weight is 343 g/mol. The predicted molar refractivity (Wildman–Crippen MR) is 92.8 cm³/mol. The molecule has 2 N–H and O–H groups in total. The molecule has 0 aliphatic rings. The van der Waals surface area contributed by atoms with Gasteiger partial charge < -0.3 is 19.9 Å². The maximum atomic E-state index is 12.2. The van der Waals surface area contributed by atoms with Gasteiger partial charge in [-0.1, -0.05) is 30.3 Å². The minimum Gasteiger partial charge on any atom is -0.497 e. The molecule has 6 nitrogen and oxygen atoms in total. The minimum atomic E-state index is -0.984. The van der Waals surface area contributed by atoms with Gasteiger partial charge in [-0.2, -0.15) is 0 Å². The van der Waals surface area contributed by atoms with Crippen molar-refractivity contribution in [3.63, 3.8) is 0 Å². The molecule has 25 heavy (non-hydrogen) atoms. The van der Waals surface area contributed by atoms with E-state index in [2.05, 4.69) is 5.32 Å². The number of amides is 1. The molecule has 0 saturated carbocycles. The summed E-state index contributed by atoms with van der Waals surface area (Å²) in [5.74, 6) is -0.249. The van der Waals surface area contributed by atoms with E-state index >= 15 is 0 Å². The lowest BCUT2D eigenvalue weighted by atomic mass is 9.99. The highest BCUT2D eigenvalue weighted by atomic mass is 16.5. The van der Waals surface area contributed by atoms with Crippen LogP contribution in [0.4, 0.5) is 0 Å². The van der Waals surface area contributed by atoms with E-state index < -0.39 is 17.9 Å². The molecule has 0 bridgehead atoms. The van der Waals surface area contributed by atoms with Crippen molar-refractivity contribution in [1.29, 1.82) is 0 Å². The Morgan fingerprint density at radius 1 is 1.12 bits per heavy atom. The van der Waals surface area contributed by atoms with E-state index in [1.807, 2.05) is 31.2 Å². The normalized spacial score (nSPS) is 11.4. The van der Waals surface area contributed by atoms with Crippen molar-refractivity contribution in [2.45, 2.75) is 19.4 Å². The molecule has 0 heterocycles. The molecule has 0 saturated heterocycles. The third-order valence-corrected chi connectivity index (χ3v) is 3.69. The van der Waals surface area contributed by atoms with Gasteiger partial charge in [0, 0.05) is 6.07 Å². The van der Waals surface area contributed by atoms with Crippen molar-refractivity contribution in [3.8, 4) is 11.5 Å². The number of hydrogen-bond donors (Lipinski definition) is 2. The molecular formula is C19H21NO5. The van der Waals surface area contributed by atoms with Crippen LogP contribution in [0.15, 0.2) is 48.5 Å². The quantitative estimate of drug-likeness (QED) is 0.770. The van der Waals surface area contributed by atoms with Crippen molar-refractivity contribution in [3.05, 3.63) is 59.7 Å². The van der Waals surface area contributed by atoms with Crippen molar-refractivity contribution in [1.82, 2.24) is 5.32 Å². The minimum absolute atomic E-state index is 0.199. The largest absolute Gasteiger partial charge is 0.497 e. The number of carbonyl (C=O) groups is 2. The van der Waals surface area contributed by atoms with Gasteiger partial charge in [-0.25, -0.2) is 0 Å². The fraction of sp³-hybridized carbons (Fsp3) is 0.263. The summed E-state index contributed by atoms with van der Waals surface area (Å²) < 4.78 is 10.5. The van der Waals surface area contributed by atoms with Gasteiger partial charge in [-0.3, -0.25) is 9.59 Å². The number of rotatable bonds is 8. The Morgan fingerprint density at radius 3 is 2.52 bits per heavy atom. The van der Waals surface area contributed by atoms with Crippen LogP contribution in [0.5, 0.6) is 11.5 Å². The van der Waals surface area contributed by atoms with Crippen LogP contribution in [-0.2, 0) is 9.59 Å². The lowest BCUT2D eigenvalue weighted by Gasteiger charge is -2.19. The lowest BCUT2D eigenvalue weighted by molar-refractivity contribution is -0.137. The number of ether oxygens (including phenoxy) is 2. The monoisotopic (exact) mass is 343 g/mol. The van der Waals surface area contributed by atoms with E-state index in [9.17, 15) is 9.59 Å². The SMILES string of the molecule is COc1cccc(OCC(=O)NC(CC(=O)O)c2ccccc2C)c1. The molecule has 2 rings (SSSR count). The molecule has 0 aliphatic heterocycles. The van der Waals surface area contributed by atoms with Crippen LogP contribution in [0.3, 0.4) is 0 Å². The zero-order valence-electron chi connectivity index (χ0n) is 14.2. The summed E-state index contributed by atoms with van der Waals surface area (Å²) in [6.07, 6.45) is -0.199. The van der Waals surface area contributed by atoms with Gasteiger partial charge >= 0.3 is 5.97 Å². The summed E-state index contributed by atoms with van der Waals surface area (Å²) in [6.45, 7) is 1.66. The van der Waals surface area contributed by atoms with E-state index in [0.717, 1.165) is 11.1 Å². The van der Waals surface area contributed by atoms with E-state index in [-0.39, 0.29) is 13.0 Å². The Morgan fingerprint density at radius 2 is 1.84 bits per heavy atom. The second-order valence-electron chi connectivity index (χ2n) is 5.54. The molecule has 0 aromatic heterocycles. The van der Waals surface area contributed by atoms with Crippen LogP contribution in [-0.4, -0.2) is 30.7 Å². The number of hydrogen-bond acceptors (Lipinski definition) is 4. The Hall–Kier alpha value is -3.02. The Labute approximate surface area is 146 Å². The van der Waals surface area contributed by atoms with Crippen LogP contribution < -0.4 is 14.8 Å². The standard InChI is InChI=1S/C19H21NO5/c1-13-6-3-4-9-16(13)17(11-19(22)23)20-18(21)12-25-15-8-5-7-14(10-15)24-2/h3-10,17H,11-12H2,1-2H3,(H,20,21)(H,22,23). The maximum absolute atomic E-state index is 12.2. The highest BCUT2D eigenvalue weighted by molar-refractivity contribution is 5.79. The Kier molecular flexibility index (Phi) is 6.39. The molecule has 0 aliphatic carbocycles. The summed E-state index contributed by atoms with van der Waals surface area (Å²) in [6, 6.07) is 13.7. The van der Waals surface area contributed by atoms with Gasteiger partial charge in [-0.05, 0) is 30.2 Å². The fourth-order valence-electron chi connectivity index (χ4n) is 2.47. The molecule has 1 unspecified atom stereocenters. The lowest BCUT2D eigenvalue weighted by Crippen LogP contribution is -2.34. The molecule has 132 valence electrons. The predicted octanol–water partition coefficient (Wildman–Crippen LogP) is 2.71. The third-order valence-electron chi connectivity index (χ3n) is 3.69. The van der Waals surface area contributed by atoms with Gasteiger partial charge in [0.2, 0.25) is 0 Å². The number of carbonyl (C=O) groups excluding carboxylic acids is 1. The highest BCUT2D eigenvalue weighted by Crippen LogP contribution is 2.21. The molecule has 6 heteroatoms. The number of carboxylic acids is 1. The Bertz CT molecular complexity index is 744. The summed E-state index contributed by atoms with van der Waals surface area (Å²) in [4.78, 5) is 23.3. The first-order valence-electron chi connectivity index (χ1n) is 7.83. The summed E-state index contributed by atoms with van der Waals surface area (Å²) in [5.41, 5.74) is 1.70. The van der Waals surface area contributed by atoms with E-state index in [1.54, 1.807) is 31.4 Å². The van der Waals surface area contributed by atoms with Gasteiger partial charge in [0.25, 0.3) is 5.91 Å². The number of aryl methyl sites for hydroxylation is 1. The number of benzene rings is 2. The Balaban J connectivity index is 2.01. The molecule has 0 spiro atoms. The second kappa shape index (κ2) is 8.73. The molecule has 1 atom stereocenters. The van der Waals surface area contributed by atoms with Crippen molar-refractivity contribution in [2.75, 3.05) is 13.7 Å². The van der Waals surface area contributed by atoms with Crippen LogP contribution in [0, 0.1) is 6.92 Å². The van der Waals surface area contributed by atoms with Crippen LogP contribution >= 0.6 is 0 Å². The van der Waals surface area contributed by atoms with E-state index in [1.165, 1.54) is 0 Å². The van der Waals surface area contributed by atoms with Gasteiger partial charge in [0.1, 0.15) is 11.5 Å². The van der Waals surface area contributed by atoms with Crippen LogP contribution in [0.25, 0.3) is 0 Å². The van der Waals surface area contributed by atoms with Crippen molar-refractivity contribution in [2.24, 2.45) is 0 Å². The summed E-state index contributed by atoms with van der Waals surface area (Å²) >= 11 is 0. The molecular weight excluding hydrogens is 322 g/mol. The first-order chi connectivity index (χ1) is 12.0. The summed E-state index contributed by atoms with van der Waals surface area (Å²) in [7, 11) is 1.55. The zero-order chi connectivity index (χ0) is 18.2. The summed E-state index contributed by atoms with van der Waals surface area (Å²) in [5, 5.41) is 11.8. The molecule has 0 fully saturated rings. The molecule has 1 amide bonds. The molecule has 2 aromatic rings. The molecule has 0 radical (unpaired) electrons. The fourth-order valence-corrected chi connectivity index (χ4v) is 2.47. The number of aliphatic carboxylic acids is 1.